The monoisotopic (exact) mass is 255 g/mol. The van der Waals surface area contributed by atoms with Gasteiger partial charge in [0.25, 0.3) is 0 Å². The van der Waals surface area contributed by atoms with Gasteiger partial charge in [0, 0.05) is 18.5 Å². The minimum absolute atomic E-state index is 0.575. The van der Waals surface area contributed by atoms with E-state index in [1.54, 1.807) is 0 Å². The molecule has 19 heavy (non-hydrogen) atoms. The van der Waals surface area contributed by atoms with Crippen LogP contribution in [0.5, 0.6) is 0 Å². The molecule has 2 aliphatic carbocycles. The Hall–Kier alpha value is -1.51. The fourth-order valence-corrected chi connectivity index (χ4v) is 4.31. The predicted octanol–water partition coefficient (Wildman–Crippen LogP) is 2.12. The number of guanidine groups is 1. The van der Waals surface area contributed by atoms with Crippen molar-refractivity contribution in [2.75, 3.05) is 13.1 Å². The molecule has 3 nitrogen and oxygen atoms in total. The SMILES string of the molecule is c1ccc([C@@H]2[C@@H]3CC[C@@H](C3)[C@H]2NC2=NCCN2)cc1. The molecule has 2 saturated carbocycles. The van der Waals surface area contributed by atoms with Gasteiger partial charge in [-0.25, -0.2) is 0 Å². The molecule has 100 valence electrons. The van der Waals surface area contributed by atoms with Crippen molar-refractivity contribution in [1.29, 1.82) is 0 Å². The summed E-state index contributed by atoms with van der Waals surface area (Å²) in [5.41, 5.74) is 1.51. The third-order valence-electron chi connectivity index (χ3n) is 5.08. The topological polar surface area (TPSA) is 36.4 Å². The van der Waals surface area contributed by atoms with E-state index in [0.29, 0.717) is 12.0 Å². The van der Waals surface area contributed by atoms with Crippen molar-refractivity contribution in [2.45, 2.75) is 31.2 Å². The van der Waals surface area contributed by atoms with E-state index in [1.807, 2.05) is 0 Å². The van der Waals surface area contributed by atoms with Gasteiger partial charge in [-0.1, -0.05) is 30.3 Å². The molecule has 3 heteroatoms. The minimum Gasteiger partial charge on any atom is -0.355 e. The fraction of sp³-hybridized carbons (Fsp3) is 0.562. The Bertz CT molecular complexity index is 482. The van der Waals surface area contributed by atoms with Crippen molar-refractivity contribution in [3.63, 3.8) is 0 Å². The molecule has 1 heterocycles. The minimum atomic E-state index is 0.575. The zero-order valence-electron chi connectivity index (χ0n) is 11.2. The molecule has 1 aromatic rings. The lowest BCUT2D eigenvalue weighted by Gasteiger charge is -2.32. The summed E-state index contributed by atoms with van der Waals surface area (Å²) >= 11 is 0. The van der Waals surface area contributed by atoms with Crippen molar-refractivity contribution in [2.24, 2.45) is 16.8 Å². The van der Waals surface area contributed by atoms with Gasteiger partial charge >= 0.3 is 0 Å². The van der Waals surface area contributed by atoms with Crippen LogP contribution in [0.25, 0.3) is 0 Å². The summed E-state index contributed by atoms with van der Waals surface area (Å²) in [6, 6.07) is 11.6. The zero-order valence-corrected chi connectivity index (χ0v) is 11.2. The van der Waals surface area contributed by atoms with E-state index in [9.17, 15) is 0 Å². The van der Waals surface area contributed by atoms with Gasteiger partial charge in [-0.15, -0.1) is 0 Å². The lowest BCUT2D eigenvalue weighted by Crippen LogP contribution is -2.46. The highest BCUT2D eigenvalue weighted by molar-refractivity contribution is 5.81. The van der Waals surface area contributed by atoms with Gasteiger partial charge in [-0.05, 0) is 36.7 Å². The van der Waals surface area contributed by atoms with Crippen LogP contribution in [0.1, 0.15) is 30.7 Å². The number of nitrogens with zero attached hydrogens (tertiary/aromatic N) is 1. The first kappa shape index (κ1) is 11.3. The van der Waals surface area contributed by atoms with Gasteiger partial charge in [-0.2, -0.15) is 0 Å². The van der Waals surface area contributed by atoms with E-state index in [2.05, 4.69) is 46.0 Å². The summed E-state index contributed by atoms with van der Waals surface area (Å²) in [5, 5.41) is 7.05. The van der Waals surface area contributed by atoms with Gasteiger partial charge in [0.2, 0.25) is 0 Å². The van der Waals surface area contributed by atoms with Gasteiger partial charge in [0.1, 0.15) is 0 Å². The molecule has 0 spiro atoms. The fourth-order valence-electron chi connectivity index (χ4n) is 4.31. The van der Waals surface area contributed by atoms with Gasteiger partial charge in [0.05, 0.1) is 6.54 Å². The summed E-state index contributed by atoms with van der Waals surface area (Å²) in [4.78, 5) is 4.51. The normalized spacial score (nSPS) is 36.1. The maximum Gasteiger partial charge on any atom is 0.191 e. The molecular weight excluding hydrogens is 234 g/mol. The highest BCUT2D eigenvalue weighted by atomic mass is 15.2. The number of hydrogen-bond acceptors (Lipinski definition) is 3. The van der Waals surface area contributed by atoms with Crippen LogP contribution in [-0.2, 0) is 0 Å². The van der Waals surface area contributed by atoms with E-state index in [4.69, 9.17) is 0 Å². The van der Waals surface area contributed by atoms with Gasteiger partial charge in [-0.3, -0.25) is 4.99 Å². The van der Waals surface area contributed by atoms with E-state index in [1.165, 1.54) is 24.8 Å². The average Bonchev–Trinajstić information content (AvgIpc) is 3.16. The van der Waals surface area contributed by atoms with E-state index in [0.717, 1.165) is 30.9 Å². The standard InChI is InChI=1S/C16H21N3/c1-2-4-11(5-3-1)14-12-6-7-13(10-12)15(14)19-16-17-8-9-18-16/h1-5,12-15H,6-10H2,(H2,17,18,19)/t12-,13+,14-,15-/m1/s1. The molecular formula is C16H21N3. The van der Waals surface area contributed by atoms with Crippen LogP contribution in [0.4, 0.5) is 0 Å². The number of fused-ring (bicyclic) bond motifs is 2. The molecule has 0 amide bonds. The molecule has 0 radical (unpaired) electrons. The molecule has 2 N–H and O–H groups in total. The van der Waals surface area contributed by atoms with Crippen molar-refractivity contribution >= 4 is 5.96 Å². The largest absolute Gasteiger partial charge is 0.355 e. The first-order valence-electron chi connectivity index (χ1n) is 7.51. The maximum atomic E-state index is 4.51. The second kappa shape index (κ2) is 4.55. The smallest absolute Gasteiger partial charge is 0.191 e. The molecule has 3 aliphatic rings. The van der Waals surface area contributed by atoms with Crippen LogP contribution < -0.4 is 10.6 Å². The highest BCUT2D eigenvalue weighted by Crippen LogP contribution is 2.52. The van der Waals surface area contributed by atoms with Crippen LogP contribution in [0.3, 0.4) is 0 Å². The number of rotatable bonds is 2. The van der Waals surface area contributed by atoms with Crippen LogP contribution in [0.2, 0.25) is 0 Å². The zero-order chi connectivity index (χ0) is 12.7. The summed E-state index contributed by atoms with van der Waals surface area (Å²) in [7, 11) is 0. The molecule has 4 atom stereocenters. The van der Waals surface area contributed by atoms with Crippen LogP contribution in [0, 0.1) is 11.8 Å². The third kappa shape index (κ3) is 1.92. The number of nitrogens with one attached hydrogen (secondary N) is 2. The molecule has 0 unspecified atom stereocenters. The quantitative estimate of drug-likeness (QED) is 0.849. The Labute approximate surface area is 114 Å². The van der Waals surface area contributed by atoms with Crippen molar-refractivity contribution in [3.8, 4) is 0 Å². The molecule has 1 aromatic carbocycles. The Morgan fingerprint density at radius 2 is 1.95 bits per heavy atom. The van der Waals surface area contributed by atoms with Crippen molar-refractivity contribution in [3.05, 3.63) is 35.9 Å². The highest BCUT2D eigenvalue weighted by Gasteiger charge is 2.48. The lowest BCUT2D eigenvalue weighted by molar-refractivity contribution is 0.340. The molecule has 2 fully saturated rings. The Morgan fingerprint density at radius 3 is 2.74 bits per heavy atom. The summed E-state index contributed by atoms with van der Waals surface area (Å²) < 4.78 is 0. The third-order valence-corrected chi connectivity index (χ3v) is 5.08. The van der Waals surface area contributed by atoms with Crippen LogP contribution in [0.15, 0.2) is 35.3 Å². The Balaban J connectivity index is 1.60. The Morgan fingerprint density at radius 1 is 1.11 bits per heavy atom. The number of benzene rings is 1. The molecule has 2 bridgehead atoms. The molecule has 0 aromatic heterocycles. The van der Waals surface area contributed by atoms with Crippen molar-refractivity contribution in [1.82, 2.24) is 10.6 Å². The van der Waals surface area contributed by atoms with Crippen molar-refractivity contribution < 1.29 is 0 Å². The number of aliphatic imine (C=N–C) groups is 1. The van der Waals surface area contributed by atoms with E-state index in [-0.39, 0.29) is 0 Å². The van der Waals surface area contributed by atoms with Crippen LogP contribution >= 0.6 is 0 Å². The maximum absolute atomic E-state index is 4.51. The first-order valence-corrected chi connectivity index (χ1v) is 7.51. The summed E-state index contributed by atoms with van der Waals surface area (Å²) in [5.74, 6) is 3.40. The first-order chi connectivity index (χ1) is 9.42. The van der Waals surface area contributed by atoms with Crippen LogP contribution in [-0.4, -0.2) is 25.1 Å². The summed E-state index contributed by atoms with van der Waals surface area (Å²) in [6.07, 6.45) is 4.19. The predicted molar refractivity (Wildman–Crippen MR) is 77.2 cm³/mol. The molecule has 0 saturated heterocycles. The Kier molecular flexibility index (Phi) is 2.71. The van der Waals surface area contributed by atoms with Gasteiger partial charge in [0.15, 0.2) is 5.96 Å². The van der Waals surface area contributed by atoms with Gasteiger partial charge < -0.3 is 10.6 Å². The van der Waals surface area contributed by atoms with E-state index < -0.39 is 0 Å². The second-order valence-electron chi connectivity index (χ2n) is 6.10. The number of hydrogen-bond donors (Lipinski definition) is 2. The summed E-state index contributed by atoms with van der Waals surface area (Å²) in [6.45, 7) is 1.90. The lowest BCUT2D eigenvalue weighted by atomic mass is 9.80. The molecule has 1 aliphatic heterocycles. The average molecular weight is 255 g/mol. The van der Waals surface area contributed by atoms with E-state index >= 15 is 0 Å². The second-order valence-corrected chi connectivity index (χ2v) is 6.10. The molecule has 4 rings (SSSR count).